The molecule has 1 N–H and O–H groups in total. The summed E-state index contributed by atoms with van der Waals surface area (Å²) in [5, 5.41) is 4.50. The van der Waals surface area contributed by atoms with Gasteiger partial charge < -0.3 is 0 Å². The molecule has 0 amide bonds. The van der Waals surface area contributed by atoms with Gasteiger partial charge in [0.05, 0.1) is 10.6 Å². The lowest BCUT2D eigenvalue weighted by Gasteiger charge is -2.20. The fourth-order valence-corrected chi connectivity index (χ4v) is 6.02. The molecule has 1 heterocycles. The maximum absolute atomic E-state index is 13.0. The summed E-state index contributed by atoms with van der Waals surface area (Å²) < 4.78 is 30.3. The van der Waals surface area contributed by atoms with E-state index in [2.05, 4.69) is 9.82 Å². The minimum Gasteiger partial charge on any atom is -0.268 e. The number of rotatable bonds is 4. The number of aromatic nitrogens is 2. The predicted molar refractivity (Wildman–Crippen MR) is 109 cm³/mol. The van der Waals surface area contributed by atoms with Crippen molar-refractivity contribution < 1.29 is 8.42 Å². The van der Waals surface area contributed by atoms with Gasteiger partial charge >= 0.3 is 0 Å². The highest BCUT2D eigenvalue weighted by Crippen LogP contribution is 2.31. The molecule has 0 atom stereocenters. The summed E-state index contributed by atoms with van der Waals surface area (Å²) in [6.45, 7) is 1.82. The van der Waals surface area contributed by atoms with Crippen LogP contribution in [0.15, 0.2) is 27.9 Å². The van der Waals surface area contributed by atoms with Crippen molar-refractivity contribution in [3.05, 3.63) is 45.2 Å². The van der Waals surface area contributed by atoms with E-state index in [1.165, 1.54) is 4.68 Å². The van der Waals surface area contributed by atoms with Crippen molar-refractivity contribution in [2.75, 3.05) is 0 Å². The number of nitrogens with zero attached hydrogens (tertiary/aromatic N) is 2. The maximum atomic E-state index is 13.0. The second kappa shape index (κ2) is 7.44. The molecule has 2 aliphatic rings. The van der Waals surface area contributed by atoms with Gasteiger partial charge in [0.25, 0.3) is 5.56 Å². The minimum absolute atomic E-state index is 0.0245. The smallest absolute Gasteiger partial charge is 0.268 e. The third kappa shape index (κ3) is 3.53. The van der Waals surface area contributed by atoms with Gasteiger partial charge in [0.1, 0.15) is 0 Å². The van der Waals surface area contributed by atoms with Crippen LogP contribution < -0.4 is 10.3 Å². The van der Waals surface area contributed by atoms with E-state index in [0.717, 1.165) is 73.8 Å². The fraction of sp³-hybridized carbons (Fsp3) is 0.524. The van der Waals surface area contributed by atoms with Crippen molar-refractivity contribution in [3.63, 3.8) is 0 Å². The first kappa shape index (κ1) is 19.3. The molecular formula is C21H27N3O3S. The SMILES string of the molecule is Cc1ccc(-c2nn(C)c(=O)c3c2CCCC3)cc1S(=O)(=O)NC1CCCC1. The highest BCUT2D eigenvalue weighted by Gasteiger charge is 2.26. The van der Waals surface area contributed by atoms with E-state index in [1.54, 1.807) is 13.1 Å². The van der Waals surface area contributed by atoms with Crippen LogP contribution in [0.5, 0.6) is 0 Å². The lowest BCUT2D eigenvalue weighted by Crippen LogP contribution is -2.33. The van der Waals surface area contributed by atoms with Gasteiger partial charge in [-0.25, -0.2) is 17.8 Å². The lowest BCUT2D eigenvalue weighted by molar-refractivity contribution is 0.551. The molecule has 1 aromatic carbocycles. The van der Waals surface area contributed by atoms with Crippen molar-refractivity contribution in [3.8, 4) is 11.3 Å². The van der Waals surface area contributed by atoms with Crippen LogP contribution in [0.25, 0.3) is 11.3 Å². The molecule has 0 spiro atoms. The second-order valence-electron chi connectivity index (χ2n) is 8.02. The average Bonchev–Trinajstić information content (AvgIpc) is 3.17. The number of benzene rings is 1. The Morgan fingerprint density at radius 3 is 2.46 bits per heavy atom. The molecule has 0 bridgehead atoms. The quantitative estimate of drug-likeness (QED) is 0.854. The van der Waals surface area contributed by atoms with E-state index in [1.807, 2.05) is 19.1 Å². The van der Waals surface area contributed by atoms with Gasteiger partial charge in [-0.1, -0.05) is 25.0 Å². The monoisotopic (exact) mass is 401 g/mol. The summed E-state index contributed by atoms with van der Waals surface area (Å²) in [7, 11) is -1.93. The van der Waals surface area contributed by atoms with Gasteiger partial charge in [-0.05, 0) is 62.6 Å². The third-order valence-corrected chi connectivity index (χ3v) is 7.65. The van der Waals surface area contributed by atoms with Crippen molar-refractivity contribution in [2.45, 2.75) is 69.2 Å². The third-order valence-electron chi connectivity index (χ3n) is 5.98. The van der Waals surface area contributed by atoms with Crippen molar-refractivity contribution in [1.29, 1.82) is 0 Å². The first-order valence-electron chi connectivity index (χ1n) is 10.1. The van der Waals surface area contributed by atoms with Gasteiger partial charge in [0.2, 0.25) is 10.0 Å². The molecular weight excluding hydrogens is 374 g/mol. The topological polar surface area (TPSA) is 81.1 Å². The first-order valence-corrected chi connectivity index (χ1v) is 11.6. The number of aryl methyl sites for hydroxylation is 2. The summed E-state index contributed by atoms with van der Waals surface area (Å²) in [6.07, 6.45) is 7.53. The Morgan fingerprint density at radius 2 is 1.75 bits per heavy atom. The first-order chi connectivity index (χ1) is 13.4. The average molecular weight is 402 g/mol. The molecule has 0 aliphatic heterocycles. The van der Waals surface area contributed by atoms with Gasteiger partial charge in [0.15, 0.2) is 0 Å². The highest BCUT2D eigenvalue weighted by molar-refractivity contribution is 7.89. The zero-order valence-electron chi connectivity index (χ0n) is 16.5. The molecule has 0 saturated heterocycles. The van der Waals surface area contributed by atoms with E-state index in [9.17, 15) is 13.2 Å². The molecule has 6 nitrogen and oxygen atoms in total. The maximum Gasteiger partial charge on any atom is 0.269 e. The van der Waals surface area contributed by atoms with E-state index in [4.69, 9.17) is 0 Å². The lowest BCUT2D eigenvalue weighted by atomic mass is 9.89. The van der Waals surface area contributed by atoms with Crippen LogP contribution in [0.3, 0.4) is 0 Å². The molecule has 0 radical (unpaired) electrons. The van der Waals surface area contributed by atoms with Crippen LogP contribution in [0.4, 0.5) is 0 Å². The Labute approximate surface area is 166 Å². The van der Waals surface area contributed by atoms with Crippen molar-refractivity contribution in [1.82, 2.24) is 14.5 Å². The van der Waals surface area contributed by atoms with Crippen LogP contribution in [0.1, 0.15) is 55.2 Å². The number of hydrogen-bond donors (Lipinski definition) is 1. The van der Waals surface area contributed by atoms with Gasteiger partial charge in [-0.15, -0.1) is 0 Å². The van der Waals surface area contributed by atoms with E-state index in [-0.39, 0.29) is 11.6 Å². The Hall–Kier alpha value is -1.99. The summed E-state index contributed by atoms with van der Waals surface area (Å²) >= 11 is 0. The van der Waals surface area contributed by atoms with Crippen molar-refractivity contribution in [2.24, 2.45) is 7.05 Å². The molecule has 7 heteroatoms. The molecule has 1 saturated carbocycles. The Balaban J connectivity index is 1.80. The second-order valence-corrected chi connectivity index (χ2v) is 9.71. The minimum atomic E-state index is -3.59. The van der Waals surface area contributed by atoms with Crippen LogP contribution in [0, 0.1) is 6.92 Å². The molecule has 1 fully saturated rings. The zero-order valence-corrected chi connectivity index (χ0v) is 17.3. The van der Waals surface area contributed by atoms with Gasteiger partial charge in [-0.2, -0.15) is 5.10 Å². The molecule has 1 aromatic heterocycles. The molecule has 4 rings (SSSR count). The van der Waals surface area contributed by atoms with E-state index < -0.39 is 10.0 Å². The molecule has 0 unspecified atom stereocenters. The van der Waals surface area contributed by atoms with Gasteiger partial charge in [0, 0.05) is 24.2 Å². The van der Waals surface area contributed by atoms with Crippen molar-refractivity contribution >= 4 is 10.0 Å². The Bertz CT molecular complexity index is 1070. The molecule has 150 valence electrons. The number of fused-ring (bicyclic) bond motifs is 1. The van der Waals surface area contributed by atoms with Crippen LogP contribution >= 0.6 is 0 Å². The summed E-state index contributed by atoms with van der Waals surface area (Å²) in [5.74, 6) is 0. The summed E-state index contributed by atoms with van der Waals surface area (Å²) in [6, 6.07) is 5.48. The highest BCUT2D eigenvalue weighted by atomic mass is 32.2. The number of nitrogens with one attached hydrogen (secondary N) is 1. The van der Waals surface area contributed by atoms with Crippen LogP contribution in [-0.4, -0.2) is 24.2 Å². The number of sulfonamides is 1. The zero-order chi connectivity index (χ0) is 19.9. The number of hydrogen-bond acceptors (Lipinski definition) is 4. The standard InChI is InChI=1S/C21H27N3O3S/c1-14-11-12-15(13-19(14)28(26,27)23-16-7-3-4-8-16)20-17-9-5-6-10-18(17)21(25)24(2)22-20/h11-13,16,23H,3-10H2,1-2H3. The van der Waals surface area contributed by atoms with E-state index in [0.29, 0.717) is 10.5 Å². The Kier molecular flexibility index (Phi) is 5.14. The molecule has 2 aliphatic carbocycles. The predicted octanol–water partition coefficient (Wildman–Crippen LogP) is 2.86. The van der Waals surface area contributed by atoms with E-state index >= 15 is 0 Å². The molecule has 2 aromatic rings. The summed E-state index contributed by atoms with van der Waals surface area (Å²) in [5.41, 5.74) is 3.97. The largest absolute Gasteiger partial charge is 0.269 e. The van der Waals surface area contributed by atoms with Crippen LogP contribution in [-0.2, 0) is 29.9 Å². The fourth-order valence-electron chi connectivity index (χ4n) is 4.45. The summed E-state index contributed by atoms with van der Waals surface area (Å²) in [4.78, 5) is 12.8. The normalized spacial score (nSPS) is 17.6. The van der Waals surface area contributed by atoms with Gasteiger partial charge in [-0.3, -0.25) is 4.79 Å². The molecule has 28 heavy (non-hydrogen) atoms. The Morgan fingerprint density at radius 1 is 1.07 bits per heavy atom. The van der Waals surface area contributed by atoms with Crippen LogP contribution in [0.2, 0.25) is 0 Å².